The van der Waals surface area contributed by atoms with Crippen molar-refractivity contribution in [1.29, 1.82) is 0 Å². The lowest BCUT2D eigenvalue weighted by molar-refractivity contribution is -0.452. The Balaban J connectivity index is 1.51. The first-order valence-corrected chi connectivity index (χ1v) is 12.3. The second-order valence-electron chi connectivity index (χ2n) is 11.4. The van der Waals surface area contributed by atoms with E-state index in [1.54, 1.807) is 5.57 Å². The van der Waals surface area contributed by atoms with Gasteiger partial charge < -0.3 is 0 Å². The van der Waals surface area contributed by atoms with Gasteiger partial charge in [0, 0.05) is 11.3 Å². The smallest absolute Gasteiger partial charge is 0.147 e. The molecule has 8 atom stereocenters. The molecule has 3 fully saturated rings. The van der Waals surface area contributed by atoms with Crippen LogP contribution < -0.4 is 0 Å². The van der Waals surface area contributed by atoms with Crippen LogP contribution in [0.4, 0.5) is 0 Å². The minimum atomic E-state index is -0.324. The van der Waals surface area contributed by atoms with Crippen LogP contribution >= 0.6 is 0 Å². The van der Waals surface area contributed by atoms with Gasteiger partial charge in [-0.25, -0.2) is 9.78 Å². The molecule has 2 nitrogen and oxygen atoms in total. The number of rotatable bonds is 4. The highest BCUT2D eigenvalue weighted by molar-refractivity contribution is 5.47. The van der Waals surface area contributed by atoms with Crippen LogP contribution in [0.5, 0.6) is 0 Å². The molecule has 2 heteroatoms. The number of hydrogen-bond acceptors (Lipinski definition) is 2. The van der Waals surface area contributed by atoms with Gasteiger partial charge in [-0.1, -0.05) is 72.1 Å². The molecule has 2 spiro atoms. The summed E-state index contributed by atoms with van der Waals surface area (Å²) >= 11 is 0. The Morgan fingerprint density at radius 3 is 2.59 bits per heavy atom. The molecule has 1 unspecified atom stereocenters. The molecular weight excluding hydrogens is 356 g/mol. The molecule has 0 aromatic carbocycles. The van der Waals surface area contributed by atoms with Gasteiger partial charge in [-0.3, -0.25) is 0 Å². The number of fused-ring (bicyclic) bond motifs is 2. The Bertz CT molecular complexity index is 764. The molecular formula is C27H40O2. The fourth-order valence-electron chi connectivity index (χ4n) is 7.97. The van der Waals surface area contributed by atoms with E-state index in [9.17, 15) is 0 Å². The van der Waals surface area contributed by atoms with Gasteiger partial charge in [-0.2, -0.15) is 0 Å². The Hall–Kier alpha value is -0.860. The summed E-state index contributed by atoms with van der Waals surface area (Å²) in [4.78, 5) is 12.8. The van der Waals surface area contributed by atoms with Gasteiger partial charge in [0.25, 0.3) is 0 Å². The molecule has 160 valence electrons. The Kier molecular flexibility index (Phi) is 4.54. The fraction of sp³-hybridized carbons (Fsp3) is 0.778. The lowest BCUT2D eigenvalue weighted by atomic mass is 9.47. The predicted molar refractivity (Wildman–Crippen MR) is 118 cm³/mol. The maximum Gasteiger partial charge on any atom is 0.147 e. The molecule has 0 aromatic rings. The summed E-state index contributed by atoms with van der Waals surface area (Å²) in [6.07, 6.45) is 22.2. The van der Waals surface area contributed by atoms with Gasteiger partial charge in [0.1, 0.15) is 11.2 Å². The van der Waals surface area contributed by atoms with E-state index in [1.165, 1.54) is 44.9 Å². The quantitative estimate of drug-likeness (QED) is 0.370. The standard InChI is InChI=1S/C27H40O2/c1-6-19(2)9-10-20(3)21-11-12-22-24(21,4)16-13-23-25(5)14-7-8-15-26(25)17-18-27(22,23)29-28-26/h9-10,13,17-22H,6-8,11-12,14-16H2,1-5H3/b10-9+/t19?,20-,21-,22-,24-,25-,26+,27+/m1/s1. The third-order valence-corrected chi connectivity index (χ3v) is 10.0. The molecule has 2 saturated carbocycles. The van der Waals surface area contributed by atoms with Gasteiger partial charge in [0.05, 0.1) is 0 Å². The van der Waals surface area contributed by atoms with Gasteiger partial charge in [-0.05, 0) is 73.0 Å². The van der Waals surface area contributed by atoms with Crippen LogP contribution in [0.3, 0.4) is 0 Å². The molecule has 0 amide bonds. The average molecular weight is 397 g/mol. The van der Waals surface area contributed by atoms with Crippen LogP contribution in [-0.2, 0) is 9.78 Å². The van der Waals surface area contributed by atoms with Crippen LogP contribution in [0, 0.1) is 34.5 Å². The van der Waals surface area contributed by atoms with Crippen molar-refractivity contribution in [2.45, 2.75) is 97.2 Å². The minimum absolute atomic E-state index is 0.111. The predicted octanol–water partition coefficient (Wildman–Crippen LogP) is 7.18. The minimum Gasteiger partial charge on any atom is -0.224 e. The summed E-state index contributed by atoms with van der Waals surface area (Å²) in [5, 5.41) is 0. The Labute approximate surface area is 177 Å². The maximum absolute atomic E-state index is 6.44. The lowest BCUT2D eigenvalue weighted by Gasteiger charge is -2.65. The van der Waals surface area contributed by atoms with E-state index in [2.05, 4.69) is 65.0 Å². The summed E-state index contributed by atoms with van der Waals surface area (Å²) in [5.41, 5.74) is 1.40. The van der Waals surface area contributed by atoms with Crippen molar-refractivity contribution in [3.05, 3.63) is 36.0 Å². The van der Waals surface area contributed by atoms with Gasteiger partial charge in [0.15, 0.2) is 0 Å². The van der Waals surface area contributed by atoms with Crippen molar-refractivity contribution < 1.29 is 9.78 Å². The average Bonchev–Trinajstić information content (AvgIpc) is 3.09. The monoisotopic (exact) mass is 396 g/mol. The van der Waals surface area contributed by atoms with E-state index in [1.807, 2.05) is 0 Å². The number of allylic oxidation sites excluding steroid dienone is 3. The van der Waals surface area contributed by atoms with E-state index in [4.69, 9.17) is 9.78 Å². The molecule has 2 aliphatic heterocycles. The zero-order chi connectivity index (χ0) is 20.5. The summed E-state index contributed by atoms with van der Waals surface area (Å²) < 4.78 is 0. The maximum atomic E-state index is 6.44. The van der Waals surface area contributed by atoms with Gasteiger partial charge >= 0.3 is 0 Å². The van der Waals surface area contributed by atoms with Crippen LogP contribution in [-0.4, -0.2) is 11.2 Å². The fourth-order valence-corrected chi connectivity index (χ4v) is 7.97. The highest BCUT2D eigenvalue weighted by Crippen LogP contribution is 2.71. The summed E-state index contributed by atoms with van der Waals surface area (Å²) in [6.45, 7) is 12.1. The molecule has 0 aromatic heterocycles. The highest BCUT2D eigenvalue weighted by atomic mass is 17.2. The summed E-state index contributed by atoms with van der Waals surface area (Å²) in [7, 11) is 0. The first-order chi connectivity index (χ1) is 13.8. The topological polar surface area (TPSA) is 18.5 Å². The van der Waals surface area contributed by atoms with Crippen LogP contribution in [0.25, 0.3) is 0 Å². The Morgan fingerprint density at radius 2 is 1.86 bits per heavy atom. The van der Waals surface area contributed by atoms with Crippen molar-refractivity contribution in [3.63, 3.8) is 0 Å². The second-order valence-corrected chi connectivity index (χ2v) is 11.4. The SMILES string of the molecule is CCC(C)/C=C/[C@@H](C)[C@H]1CC[C@@H]2[C@]1(C)CC=C1[C@]23C=C[C@]2(CCCC[C@]12C)OO3. The highest BCUT2D eigenvalue weighted by Gasteiger charge is 2.71. The molecule has 4 aliphatic carbocycles. The summed E-state index contributed by atoms with van der Waals surface area (Å²) in [6, 6.07) is 0. The molecule has 0 N–H and O–H groups in total. The zero-order valence-corrected chi connectivity index (χ0v) is 19.2. The second kappa shape index (κ2) is 6.57. The van der Waals surface area contributed by atoms with E-state index >= 15 is 0 Å². The summed E-state index contributed by atoms with van der Waals surface area (Å²) in [5.74, 6) is 2.53. The van der Waals surface area contributed by atoms with Crippen molar-refractivity contribution >= 4 is 0 Å². The van der Waals surface area contributed by atoms with Gasteiger partial charge in [-0.15, -0.1) is 0 Å². The normalized spacial score (nSPS) is 50.0. The van der Waals surface area contributed by atoms with Crippen molar-refractivity contribution in [2.75, 3.05) is 0 Å². The molecule has 2 heterocycles. The first-order valence-electron chi connectivity index (χ1n) is 12.3. The molecule has 0 radical (unpaired) electrons. The lowest BCUT2D eigenvalue weighted by Crippen LogP contribution is -2.68. The largest absolute Gasteiger partial charge is 0.224 e. The molecule has 29 heavy (non-hydrogen) atoms. The van der Waals surface area contributed by atoms with Crippen molar-refractivity contribution in [1.82, 2.24) is 0 Å². The Morgan fingerprint density at radius 1 is 1.07 bits per heavy atom. The van der Waals surface area contributed by atoms with E-state index in [0.717, 1.165) is 6.42 Å². The van der Waals surface area contributed by atoms with Gasteiger partial charge in [0.2, 0.25) is 0 Å². The third-order valence-electron chi connectivity index (χ3n) is 10.0. The molecule has 2 bridgehead atoms. The van der Waals surface area contributed by atoms with Crippen molar-refractivity contribution in [2.24, 2.45) is 34.5 Å². The van der Waals surface area contributed by atoms with E-state index in [-0.39, 0.29) is 22.0 Å². The third kappa shape index (κ3) is 2.48. The van der Waals surface area contributed by atoms with Crippen molar-refractivity contribution in [3.8, 4) is 0 Å². The number of hydrogen-bond donors (Lipinski definition) is 0. The van der Waals surface area contributed by atoms with Crippen LogP contribution in [0.1, 0.15) is 86.0 Å². The molecule has 6 rings (SSSR count). The first kappa shape index (κ1) is 20.1. The van der Waals surface area contributed by atoms with Crippen LogP contribution in [0.2, 0.25) is 0 Å². The van der Waals surface area contributed by atoms with E-state index < -0.39 is 0 Å². The van der Waals surface area contributed by atoms with Crippen LogP contribution in [0.15, 0.2) is 36.0 Å². The molecule has 1 saturated heterocycles. The van der Waals surface area contributed by atoms with E-state index in [0.29, 0.717) is 23.7 Å². The zero-order valence-electron chi connectivity index (χ0n) is 19.2. The molecule has 6 aliphatic rings.